The van der Waals surface area contributed by atoms with E-state index in [0.29, 0.717) is 21.3 Å². The Morgan fingerprint density at radius 1 is 1.14 bits per heavy atom. The Bertz CT molecular complexity index is 785. The third-order valence-corrected chi connectivity index (χ3v) is 3.83. The van der Waals surface area contributed by atoms with Gasteiger partial charge in [-0.05, 0) is 48.2 Å². The van der Waals surface area contributed by atoms with E-state index in [1.165, 1.54) is 24.3 Å². The second kappa shape index (κ2) is 6.03. The van der Waals surface area contributed by atoms with Crippen LogP contribution in [0.15, 0.2) is 58.4 Å². The first-order valence-corrected chi connectivity index (χ1v) is 7.26. The molecule has 0 spiro atoms. The molecule has 4 nitrogen and oxygen atoms in total. The summed E-state index contributed by atoms with van der Waals surface area (Å²) >= 11 is 1.14. The molecule has 2 aromatic rings. The van der Waals surface area contributed by atoms with Crippen molar-refractivity contribution < 1.29 is 14.3 Å². The number of phenolic OH excluding ortho intramolecular Hbond substituents is 1. The summed E-state index contributed by atoms with van der Waals surface area (Å²) in [7, 11) is 0. The first-order chi connectivity index (χ1) is 10.6. The zero-order chi connectivity index (χ0) is 15.5. The number of hydrogen-bond acceptors (Lipinski definition) is 4. The van der Waals surface area contributed by atoms with Gasteiger partial charge in [0.1, 0.15) is 11.6 Å². The number of carbonyl (C=O) groups excluding carboxylic acids is 1. The van der Waals surface area contributed by atoms with Crippen molar-refractivity contribution >= 4 is 34.6 Å². The van der Waals surface area contributed by atoms with E-state index < -0.39 is 0 Å². The molecule has 0 radical (unpaired) electrons. The lowest BCUT2D eigenvalue weighted by atomic mass is 10.2. The van der Waals surface area contributed by atoms with Gasteiger partial charge in [-0.2, -0.15) is 0 Å². The Hall–Kier alpha value is -2.60. The van der Waals surface area contributed by atoms with Crippen molar-refractivity contribution in [2.75, 3.05) is 0 Å². The van der Waals surface area contributed by atoms with E-state index in [1.54, 1.807) is 30.3 Å². The fourth-order valence-electron chi connectivity index (χ4n) is 1.86. The van der Waals surface area contributed by atoms with Gasteiger partial charge in [-0.1, -0.05) is 18.2 Å². The highest BCUT2D eigenvalue weighted by atomic mass is 32.2. The standard InChI is InChI=1S/C16H11FN2O2S/c17-13-4-2-1-3-10(13)9-14-15(21)19-16(22-14)18-11-5-7-12(20)8-6-11/h1-9,20H,(H,18,19,21)/b14-9-. The van der Waals surface area contributed by atoms with Crippen molar-refractivity contribution in [3.05, 3.63) is 64.8 Å². The maximum absolute atomic E-state index is 13.6. The van der Waals surface area contributed by atoms with Gasteiger partial charge in [0, 0.05) is 5.56 Å². The van der Waals surface area contributed by atoms with Crippen molar-refractivity contribution in [3.8, 4) is 5.75 Å². The van der Waals surface area contributed by atoms with Crippen molar-refractivity contribution in [3.63, 3.8) is 0 Å². The van der Waals surface area contributed by atoms with Crippen LogP contribution in [-0.2, 0) is 4.79 Å². The number of nitrogens with zero attached hydrogens (tertiary/aromatic N) is 1. The van der Waals surface area contributed by atoms with Crippen molar-refractivity contribution in [1.29, 1.82) is 0 Å². The number of rotatable bonds is 2. The molecular formula is C16H11FN2O2S. The van der Waals surface area contributed by atoms with E-state index in [4.69, 9.17) is 0 Å². The number of nitrogens with one attached hydrogen (secondary N) is 1. The lowest BCUT2D eigenvalue weighted by molar-refractivity contribution is -0.115. The van der Waals surface area contributed by atoms with Gasteiger partial charge in [-0.25, -0.2) is 9.38 Å². The minimum atomic E-state index is -0.382. The number of hydrogen-bond donors (Lipinski definition) is 2. The maximum Gasteiger partial charge on any atom is 0.264 e. The van der Waals surface area contributed by atoms with Crippen LogP contribution in [0.4, 0.5) is 10.1 Å². The molecule has 2 N–H and O–H groups in total. The van der Waals surface area contributed by atoms with E-state index in [2.05, 4.69) is 10.3 Å². The average Bonchev–Trinajstić information content (AvgIpc) is 2.84. The van der Waals surface area contributed by atoms with E-state index in [9.17, 15) is 14.3 Å². The van der Waals surface area contributed by atoms with Crippen LogP contribution in [0.1, 0.15) is 5.56 Å². The minimum Gasteiger partial charge on any atom is -0.508 e. The number of carbonyl (C=O) groups is 1. The zero-order valence-electron chi connectivity index (χ0n) is 11.3. The van der Waals surface area contributed by atoms with Crippen molar-refractivity contribution in [2.24, 2.45) is 4.99 Å². The van der Waals surface area contributed by atoms with Gasteiger partial charge in [-0.3, -0.25) is 4.79 Å². The SMILES string of the molecule is O=C1NC(=Nc2ccc(O)cc2)S/C1=C\c1ccccc1F. The van der Waals surface area contributed by atoms with Crippen LogP contribution >= 0.6 is 11.8 Å². The maximum atomic E-state index is 13.6. The van der Waals surface area contributed by atoms with Gasteiger partial charge >= 0.3 is 0 Å². The zero-order valence-corrected chi connectivity index (χ0v) is 12.1. The molecule has 1 amide bonds. The predicted molar refractivity (Wildman–Crippen MR) is 85.3 cm³/mol. The van der Waals surface area contributed by atoms with Crippen LogP contribution in [0.2, 0.25) is 0 Å². The molecule has 22 heavy (non-hydrogen) atoms. The average molecular weight is 314 g/mol. The first kappa shape index (κ1) is 14.3. The lowest BCUT2D eigenvalue weighted by Gasteiger charge is -1.97. The molecule has 1 saturated heterocycles. The fraction of sp³-hybridized carbons (Fsp3) is 0. The molecule has 110 valence electrons. The Kier molecular flexibility index (Phi) is 3.93. The van der Waals surface area contributed by atoms with Crippen LogP contribution in [-0.4, -0.2) is 16.2 Å². The molecule has 0 atom stereocenters. The molecule has 0 bridgehead atoms. The van der Waals surface area contributed by atoms with Gasteiger partial charge in [0.2, 0.25) is 0 Å². The van der Waals surface area contributed by atoms with Gasteiger partial charge in [0.05, 0.1) is 10.6 Å². The minimum absolute atomic E-state index is 0.146. The smallest absolute Gasteiger partial charge is 0.264 e. The molecule has 1 heterocycles. The molecule has 1 aliphatic heterocycles. The first-order valence-electron chi connectivity index (χ1n) is 6.45. The molecule has 0 aromatic heterocycles. The van der Waals surface area contributed by atoms with Gasteiger partial charge < -0.3 is 10.4 Å². The van der Waals surface area contributed by atoms with Crippen LogP contribution in [0.5, 0.6) is 5.75 Å². The van der Waals surface area contributed by atoms with Gasteiger partial charge in [0.15, 0.2) is 5.17 Å². The predicted octanol–water partition coefficient (Wildman–Crippen LogP) is 3.42. The Labute approximate surface area is 130 Å². The number of aliphatic imine (C=N–C) groups is 1. The number of amidine groups is 1. The summed E-state index contributed by atoms with van der Waals surface area (Å²) in [5.74, 6) is -0.551. The highest BCUT2D eigenvalue weighted by Crippen LogP contribution is 2.28. The summed E-state index contributed by atoms with van der Waals surface area (Å²) in [6.07, 6.45) is 1.49. The second-order valence-corrected chi connectivity index (χ2v) is 5.55. The van der Waals surface area contributed by atoms with Crippen molar-refractivity contribution in [1.82, 2.24) is 5.32 Å². The normalized spacial score (nSPS) is 18.0. The quantitative estimate of drug-likeness (QED) is 0.835. The van der Waals surface area contributed by atoms with Crippen molar-refractivity contribution in [2.45, 2.75) is 0 Å². The summed E-state index contributed by atoms with van der Waals surface area (Å²) in [5.41, 5.74) is 0.957. The molecule has 0 saturated carbocycles. The second-order valence-electron chi connectivity index (χ2n) is 4.52. The fourth-order valence-corrected chi connectivity index (χ4v) is 2.69. The van der Waals surface area contributed by atoms with Gasteiger partial charge in [0.25, 0.3) is 5.91 Å². The largest absolute Gasteiger partial charge is 0.508 e. The van der Waals surface area contributed by atoms with Crippen LogP contribution < -0.4 is 5.32 Å². The molecule has 3 rings (SSSR count). The Morgan fingerprint density at radius 2 is 1.86 bits per heavy atom. The number of benzene rings is 2. The number of thioether (sulfide) groups is 1. The highest BCUT2D eigenvalue weighted by Gasteiger charge is 2.24. The van der Waals surface area contributed by atoms with Crippen LogP contribution in [0, 0.1) is 5.82 Å². The third kappa shape index (κ3) is 3.17. The molecule has 0 unspecified atom stereocenters. The van der Waals surface area contributed by atoms with E-state index >= 15 is 0 Å². The molecule has 6 heteroatoms. The van der Waals surface area contributed by atoms with E-state index in [-0.39, 0.29) is 17.5 Å². The molecular weight excluding hydrogens is 303 g/mol. The number of amides is 1. The number of halogens is 1. The molecule has 2 aromatic carbocycles. The summed E-state index contributed by atoms with van der Waals surface area (Å²) in [6.45, 7) is 0. The number of phenols is 1. The Balaban J connectivity index is 1.84. The highest BCUT2D eigenvalue weighted by molar-refractivity contribution is 8.18. The summed E-state index contributed by atoms with van der Waals surface area (Å²) in [4.78, 5) is 16.5. The topological polar surface area (TPSA) is 61.7 Å². The molecule has 1 fully saturated rings. The monoisotopic (exact) mass is 314 g/mol. The molecule has 0 aliphatic carbocycles. The summed E-state index contributed by atoms with van der Waals surface area (Å²) in [6, 6.07) is 12.5. The van der Waals surface area contributed by atoms with Gasteiger partial charge in [-0.15, -0.1) is 0 Å². The van der Waals surface area contributed by atoms with Crippen LogP contribution in [0.3, 0.4) is 0 Å². The van der Waals surface area contributed by atoms with Crippen LogP contribution in [0.25, 0.3) is 6.08 Å². The van der Waals surface area contributed by atoms with E-state index in [1.807, 2.05) is 0 Å². The summed E-state index contributed by atoms with van der Waals surface area (Å²) in [5, 5.41) is 12.3. The van der Waals surface area contributed by atoms with E-state index in [0.717, 1.165) is 11.8 Å². The summed E-state index contributed by atoms with van der Waals surface area (Å²) < 4.78 is 13.6. The third-order valence-electron chi connectivity index (χ3n) is 2.92. The number of aromatic hydroxyl groups is 1. The molecule has 1 aliphatic rings. The lowest BCUT2D eigenvalue weighted by Crippen LogP contribution is -2.19. The Morgan fingerprint density at radius 3 is 2.59 bits per heavy atom.